The monoisotopic (exact) mass is 298 g/mol. The summed E-state index contributed by atoms with van der Waals surface area (Å²) in [7, 11) is 1.65. The van der Waals surface area contributed by atoms with E-state index in [1.807, 2.05) is 19.1 Å². The van der Waals surface area contributed by atoms with Crippen LogP contribution in [0.25, 0.3) is 0 Å². The van der Waals surface area contributed by atoms with Gasteiger partial charge in [-0.25, -0.2) is 0 Å². The highest BCUT2D eigenvalue weighted by Crippen LogP contribution is 2.14. The van der Waals surface area contributed by atoms with Crippen LogP contribution in [0.3, 0.4) is 0 Å². The zero-order valence-corrected chi connectivity index (χ0v) is 12.9. The van der Waals surface area contributed by atoms with Crippen molar-refractivity contribution < 1.29 is 18.9 Å². The van der Waals surface area contributed by atoms with Gasteiger partial charge in [-0.3, -0.25) is 4.98 Å². The molecule has 120 valence electrons. The normalized spacial score (nSPS) is 12.3. The molecule has 0 bridgehead atoms. The third-order valence-electron chi connectivity index (χ3n) is 2.88. The van der Waals surface area contributed by atoms with E-state index in [1.165, 1.54) is 0 Å². The molecule has 1 aromatic heterocycles. The molecule has 1 atom stereocenters. The second kappa shape index (κ2) is 11.4. The Labute approximate surface area is 126 Å². The Hall–Kier alpha value is -1.21. The molecule has 1 heterocycles. The predicted molar refractivity (Wildman–Crippen MR) is 80.5 cm³/mol. The standard InChI is InChI=1S/C15H26N2O4/c1-3-14(16)15-5-4-13(12-17-15)21-11-10-20-9-8-19-7-6-18-2/h4-5,12,14H,3,6-11,16H2,1-2H3. The van der Waals surface area contributed by atoms with Gasteiger partial charge >= 0.3 is 0 Å². The van der Waals surface area contributed by atoms with Gasteiger partial charge in [0.25, 0.3) is 0 Å². The van der Waals surface area contributed by atoms with Gasteiger partial charge in [0.15, 0.2) is 0 Å². The van der Waals surface area contributed by atoms with Crippen LogP contribution in [0.5, 0.6) is 5.75 Å². The number of pyridine rings is 1. The van der Waals surface area contributed by atoms with Crippen LogP contribution in [0.15, 0.2) is 18.3 Å². The first-order valence-corrected chi connectivity index (χ1v) is 7.26. The third kappa shape index (κ3) is 7.96. The van der Waals surface area contributed by atoms with Gasteiger partial charge in [0.1, 0.15) is 12.4 Å². The van der Waals surface area contributed by atoms with Gasteiger partial charge in [-0.05, 0) is 18.6 Å². The van der Waals surface area contributed by atoms with Crippen molar-refractivity contribution in [2.75, 3.05) is 46.8 Å². The molecule has 21 heavy (non-hydrogen) atoms. The molecule has 0 aliphatic carbocycles. The fourth-order valence-corrected chi connectivity index (χ4v) is 1.59. The molecule has 0 aromatic carbocycles. The van der Waals surface area contributed by atoms with E-state index in [-0.39, 0.29) is 6.04 Å². The number of nitrogens with zero attached hydrogens (tertiary/aromatic N) is 1. The van der Waals surface area contributed by atoms with Gasteiger partial charge in [0, 0.05) is 13.2 Å². The number of ether oxygens (including phenoxy) is 4. The van der Waals surface area contributed by atoms with E-state index in [9.17, 15) is 0 Å². The van der Waals surface area contributed by atoms with Crippen molar-refractivity contribution in [2.24, 2.45) is 5.73 Å². The van der Waals surface area contributed by atoms with E-state index in [1.54, 1.807) is 13.3 Å². The molecule has 0 spiro atoms. The van der Waals surface area contributed by atoms with E-state index in [4.69, 9.17) is 24.7 Å². The second-order valence-corrected chi connectivity index (χ2v) is 4.50. The summed E-state index contributed by atoms with van der Waals surface area (Å²) in [6.07, 6.45) is 2.56. The van der Waals surface area contributed by atoms with Crippen LogP contribution in [-0.4, -0.2) is 51.7 Å². The zero-order chi connectivity index (χ0) is 15.3. The molecule has 1 rings (SSSR count). The minimum atomic E-state index is -0.0134. The molecular weight excluding hydrogens is 272 g/mol. The Kier molecular flexibility index (Phi) is 9.73. The Morgan fingerprint density at radius 3 is 2.29 bits per heavy atom. The number of hydrogen-bond acceptors (Lipinski definition) is 6. The summed E-state index contributed by atoms with van der Waals surface area (Å²) in [5.41, 5.74) is 6.78. The Morgan fingerprint density at radius 2 is 1.71 bits per heavy atom. The van der Waals surface area contributed by atoms with Gasteiger partial charge in [-0.15, -0.1) is 0 Å². The van der Waals surface area contributed by atoms with Gasteiger partial charge < -0.3 is 24.7 Å². The number of rotatable bonds is 12. The minimum absolute atomic E-state index is 0.0134. The summed E-state index contributed by atoms with van der Waals surface area (Å²) >= 11 is 0. The predicted octanol–water partition coefficient (Wildman–Crippen LogP) is 1.55. The fraction of sp³-hybridized carbons (Fsp3) is 0.667. The Morgan fingerprint density at radius 1 is 1.05 bits per heavy atom. The van der Waals surface area contributed by atoms with Crippen LogP contribution < -0.4 is 10.5 Å². The maximum atomic E-state index is 5.90. The first kappa shape index (κ1) is 17.8. The van der Waals surface area contributed by atoms with Crippen molar-refractivity contribution in [3.05, 3.63) is 24.0 Å². The minimum Gasteiger partial charge on any atom is -0.490 e. The number of nitrogens with two attached hydrogens (primary N) is 1. The smallest absolute Gasteiger partial charge is 0.137 e. The number of aromatic nitrogens is 1. The molecule has 1 unspecified atom stereocenters. The molecule has 1 aromatic rings. The number of hydrogen-bond donors (Lipinski definition) is 1. The lowest BCUT2D eigenvalue weighted by Crippen LogP contribution is -2.13. The maximum absolute atomic E-state index is 5.90. The lowest BCUT2D eigenvalue weighted by molar-refractivity contribution is 0.0179. The molecule has 0 saturated heterocycles. The quantitative estimate of drug-likeness (QED) is 0.590. The van der Waals surface area contributed by atoms with Crippen molar-refractivity contribution in [3.63, 3.8) is 0 Å². The van der Waals surface area contributed by atoms with E-state index in [0.29, 0.717) is 39.6 Å². The van der Waals surface area contributed by atoms with Crippen LogP contribution in [-0.2, 0) is 14.2 Å². The summed E-state index contributed by atoms with van der Waals surface area (Å²) in [5.74, 6) is 0.724. The molecule has 0 aliphatic rings. The highest BCUT2D eigenvalue weighted by molar-refractivity contribution is 5.21. The zero-order valence-electron chi connectivity index (χ0n) is 12.9. The first-order chi connectivity index (χ1) is 10.3. The van der Waals surface area contributed by atoms with Crippen LogP contribution >= 0.6 is 0 Å². The molecule has 0 amide bonds. The molecule has 2 N–H and O–H groups in total. The second-order valence-electron chi connectivity index (χ2n) is 4.50. The number of methoxy groups -OCH3 is 1. The van der Waals surface area contributed by atoms with Crippen LogP contribution in [0.2, 0.25) is 0 Å². The Bertz CT molecular complexity index is 359. The maximum Gasteiger partial charge on any atom is 0.137 e. The average molecular weight is 298 g/mol. The molecule has 0 fully saturated rings. The summed E-state index contributed by atoms with van der Waals surface area (Å²) in [6, 6.07) is 3.76. The molecule has 6 heteroatoms. The van der Waals surface area contributed by atoms with Crippen molar-refractivity contribution in [1.82, 2.24) is 4.98 Å². The van der Waals surface area contributed by atoms with Gasteiger partial charge in [-0.1, -0.05) is 6.92 Å². The summed E-state index contributed by atoms with van der Waals surface area (Å²) in [6.45, 7) is 5.35. The van der Waals surface area contributed by atoms with Gasteiger partial charge in [0.2, 0.25) is 0 Å². The van der Waals surface area contributed by atoms with E-state index < -0.39 is 0 Å². The highest BCUT2D eigenvalue weighted by atomic mass is 16.6. The molecule has 0 aliphatic heterocycles. The lowest BCUT2D eigenvalue weighted by Gasteiger charge is -2.10. The van der Waals surface area contributed by atoms with Gasteiger partial charge in [-0.2, -0.15) is 0 Å². The Balaban J connectivity index is 2.05. The first-order valence-electron chi connectivity index (χ1n) is 7.26. The van der Waals surface area contributed by atoms with Crippen molar-refractivity contribution >= 4 is 0 Å². The lowest BCUT2D eigenvalue weighted by atomic mass is 10.1. The van der Waals surface area contributed by atoms with Crippen LogP contribution in [0, 0.1) is 0 Å². The molecule has 0 radical (unpaired) electrons. The van der Waals surface area contributed by atoms with Gasteiger partial charge in [0.05, 0.1) is 44.9 Å². The van der Waals surface area contributed by atoms with E-state index in [2.05, 4.69) is 4.98 Å². The molecule has 0 saturated carbocycles. The summed E-state index contributed by atoms with van der Waals surface area (Å²) in [5, 5.41) is 0. The van der Waals surface area contributed by atoms with Crippen molar-refractivity contribution in [3.8, 4) is 5.75 Å². The fourth-order valence-electron chi connectivity index (χ4n) is 1.59. The van der Waals surface area contributed by atoms with E-state index >= 15 is 0 Å². The van der Waals surface area contributed by atoms with Crippen LogP contribution in [0.4, 0.5) is 0 Å². The van der Waals surface area contributed by atoms with Crippen molar-refractivity contribution in [2.45, 2.75) is 19.4 Å². The summed E-state index contributed by atoms with van der Waals surface area (Å²) < 4.78 is 21.1. The highest BCUT2D eigenvalue weighted by Gasteiger charge is 2.04. The summed E-state index contributed by atoms with van der Waals surface area (Å²) in [4.78, 5) is 4.28. The van der Waals surface area contributed by atoms with E-state index in [0.717, 1.165) is 17.9 Å². The van der Waals surface area contributed by atoms with Crippen LogP contribution in [0.1, 0.15) is 25.1 Å². The molecular formula is C15H26N2O4. The topological polar surface area (TPSA) is 75.8 Å². The molecule has 6 nitrogen and oxygen atoms in total. The average Bonchev–Trinajstić information content (AvgIpc) is 2.53. The largest absolute Gasteiger partial charge is 0.490 e. The SMILES string of the molecule is CCC(N)c1ccc(OCCOCCOCCOC)cn1. The third-order valence-corrected chi connectivity index (χ3v) is 2.88. The van der Waals surface area contributed by atoms with Crippen molar-refractivity contribution in [1.29, 1.82) is 0 Å².